The predicted molar refractivity (Wildman–Crippen MR) is 95.6 cm³/mol. The Hall–Kier alpha value is -1.27. The summed E-state index contributed by atoms with van der Waals surface area (Å²) in [4.78, 5) is 8.79. The van der Waals surface area contributed by atoms with Crippen molar-refractivity contribution >= 4 is 24.8 Å². The van der Waals surface area contributed by atoms with Crippen molar-refractivity contribution in [1.82, 2.24) is 14.8 Å². The first-order valence-corrected chi connectivity index (χ1v) is 7.48. The highest BCUT2D eigenvalue weighted by Crippen LogP contribution is 2.13. The van der Waals surface area contributed by atoms with Gasteiger partial charge in [0.25, 0.3) is 0 Å². The molecular formula is C17H21Cl2F2N3. The van der Waals surface area contributed by atoms with Gasteiger partial charge in [0.1, 0.15) is 0 Å². The normalized spacial score (nSPS) is 15.4. The van der Waals surface area contributed by atoms with Crippen molar-refractivity contribution < 1.29 is 8.78 Å². The van der Waals surface area contributed by atoms with Gasteiger partial charge in [0.15, 0.2) is 11.6 Å². The maximum Gasteiger partial charge on any atom is 0.159 e. The SMILES string of the molecule is Cl.Cl.Fc1ccc(CN2CCN(Cc3cccnc3)CC2)cc1F. The minimum atomic E-state index is -0.787. The van der Waals surface area contributed by atoms with Crippen molar-refractivity contribution in [3.05, 3.63) is 65.5 Å². The van der Waals surface area contributed by atoms with Crippen LogP contribution in [0.15, 0.2) is 42.7 Å². The molecule has 132 valence electrons. The van der Waals surface area contributed by atoms with Crippen LogP contribution in [0.4, 0.5) is 8.78 Å². The van der Waals surface area contributed by atoms with Gasteiger partial charge in [0.05, 0.1) is 0 Å². The Morgan fingerprint density at radius 3 is 2.00 bits per heavy atom. The molecule has 1 aliphatic heterocycles. The van der Waals surface area contributed by atoms with Gasteiger partial charge < -0.3 is 0 Å². The van der Waals surface area contributed by atoms with Crippen molar-refractivity contribution in [3.8, 4) is 0 Å². The minimum absolute atomic E-state index is 0. The average Bonchev–Trinajstić information content (AvgIpc) is 2.54. The van der Waals surface area contributed by atoms with Gasteiger partial charge in [-0.1, -0.05) is 12.1 Å². The first-order chi connectivity index (χ1) is 10.7. The second-order valence-corrected chi connectivity index (χ2v) is 5.66. The van der Waals surface area contributed by atoms with Crippen LogP contribution in [-0.4, -0.2) is 41.0 Å². The monoisotopic (exact) mass is 375 g/mol. The third-order valence-corrected chi connectivity index (χ3v) is 3.98. The molecule has 0 N–H and O–H groups in total. The highest BCUT2D eigenvalue weighted by atomic mass is 35.5. The molecule has 1 fully saturated rings. The molecule has 0 spiro atoms. The lowest BCUT2D eigenvalue weighted by atomic mass is 10.2. The van der Waals surface area contributed by atoms with Crippen LogP contribution in [0.2, 0.25) is 0 Å². The molecule has 1 aromatic heterocycles. The Morgan fingerprint density at radius 1 is 0.833 bits per heavy atom. The van der Waals surface area contributed by atoms with E-state index < -0.39 is 11.6 Å². The molecule has 3 nitrogen and oxygen atoms in total. The summed E-state index contributed by atoms with van der Waals surface area (Å²) in [5.41, 5.74) is 2.04. The van der Waals surface area contributed by atoms with E-state index >= 15 is 0 Å². The zero-order chi connectivity index (χ0) is 15.4. The molecule has 3 rings (SSSR count). The highest BCUT2D eigenvalue weighted by molar-refractivity contribution is 5.85. The Bertz CT molecular complexity index is 620. The fourth-order valence-corrected chi connectivity index (χ4v) is 2.75. The summed E-state index contributed by atoms with van der Waals surface area (Å²) in [5.74, 6) is -1.56. The standard InChI is InChI=1S/C17H19F2N3.2ClH/c18-16-4-3-14(10-17(16)19)12-21-6-8-22(9-7-21)13-15-2-1-5-20-11-15;;/h1-5,10-11H,6-9,12-13H2;2*1H. The fraction of sp³-hybridized carbons (Fsp3) is 0.353. The Labute approximate surface area is 153 Å². The molecular weight excluding hydrogens is 355 g/mol. The largest absolute Gasteiger partial charge is 0.297 e. The first-order valence-electron chi connectivity index (χ1n) is 7.48. The van der Waals surface area contributed by atoms with E-state index in [4.69, 9.17) is 0 Å². The van der Waals surface area contributed by atoms with E-state index in [1.165, 1.54) is 17.7 Å². The molecule has 1 aliphatic rings. The smallest absolute Gasteiger partial charge is 0.159 e. The van der Waals surface area contributed by atoms with Crippen LogP contribution in [0.1, 0.15) is 11.1 Å². The van der Waals surface area contributed by atoms with Crippen LogP contribution in [0.5, 0.6) is 0 Å². The number of rotatable bonds is 4. The Balaban J connectivity index is 0.00000144. The second kappa shape index (κ2) is 9.89. The minimum Gasteiger partial charge on any atom is -0.297 e. The summed E-state index contributed by atoms with van der Waals surface area (Å²) >= 11 is 0. The van der Waals surface area contributed by atoms with Gasteiger partial charge in [-0.2, -0.15) is 0 Å². The number of hydrogen-bond acceptors (Lipinski definition) is 3. The molecule has 1 saturated heterocycles. The number of halogens is 4. The molecule has 0 saturated carbocycles. The molecule has 0 aliphatic carbocycles. The molecule has 0 amide bonds. The van der Waals surface area contributed by atoms with Gasteiger partial charge in [-0.3, -0.25) is 14.8 Å². The number of pyridine rings is 1. The second-order valence-electron chi connectivity index (χ2n) is 5.66. The topological polar surface area (TPSA) is 19.4 Å². The van der Waals surface area contributed by atoms with Crippen LogP contribution in [0.3, 0.4) is 0 Å². The van der Waals surface area contributed by atoms with Crippen molar-refractivity contribution in [2.75, 3.05) is 26.2 Å². The van der Waals surface area contributed by atoms with Crippen LogP contribution in [0, 0.1) is 11.6 Å². The van der Waals surface area contributed by atoms with E-state index in [1.807, 2.05) is 12.3 Å². The fourth-order valence-electron chi connectivity index (χ4n) is 2.75. The zero-order valence-corrected chi connectivity index (χ0v) is 14.8. The summed E-state index contributed by atoms with van der Waals surface area (Å²) in [6, 6.07) is 8.18. The van der Waals surface area contributed by atoms with E-state index in [9.17, 15) is 8.78 Å². The van der Waals surface area contributed by atoms with E-state index in [1.54, 1.807) is 12.3 Å². The molecule has 24 heavy (non-hydrogen) atoms. The molecule has 0 unspecified atom stereocenters. The van der Waals surface area contributed by atoms with Gasteiger partial charge in [-0.05, 0) is 29.3 Å². The predicted octanol–water partition coefficient (Wildman–Crippen LogP) is 3.52. The summed E-state index contributed by atoms with van der Waals surface area (Å²) in [5, 5.41) is 0. The quantitative estimate of drug-likeness (QED) is 0.814. The van der Waals surface area contributed by atoms with Crippen molar-refractivity contribution in [2.24, 2.45) is 0 Å². The van der Waals surface area contributed by atoms with Crippen LogP contribution in [0.25, 0.3) is 0 Å². The third-order valence-electron chi connectivity index (χ3n) is 3.98. The number of hydrogen-bond donors (Lipinski definition) is 0. The maximum atomic E-state index is 13.2. The van der Waals surface area contributed by atoms with Gasteiger partial charge in [0.2, 0.25) is 0 Å². The summed E-state index contributed by atoms with van der Waals surface area (Å²) in [6.07, 6.45) is 3.68. The van der Waals surface area contributed by atoms with Crippen molar-refractivity contribution in [2.45, 2.75) is 13.1 Å². The lowest BCUT2D eigenvalue weighted by Gasteiger charge is -2.34. The third kappa shape index (κ3) is 5.67. The molecule has 0 radical (unpaired) electrons. The zero-order valence-electron chi connectivity index (χ0n) is 13.2. The molecule has 0 atom stereocenters. The van der Waals surface area contributed by atoms with Gasteiger partial charge in [-0.15, -0.1) is 24.8 Å². The van der Waals surface area contributed by atoms with E-state index in [2.05, 4.69) is 20.9 Å². The summed E-state index contributed by atoms with van der Waals surface area (Å²) in [6.45, 7) is 5.38. The number of benzene rings is 1. The lowest BCUT2D eigenvalue weighted by molar-refractivity contribution is 0.122. The molecule has 1 aromatic carbocycles. The molecule has 7 heteroatoms. The van der Waals surface area contributed by atoms with E-state index in [-0.39, 0.29) is 24.8 Å². The average molecular weight is 376 g/mol. The van der Waals surface area contributed by atoms with Gasteiger partial charge in [0, 0.05) is 51.7 Å². The maximum absolute atomic E-state index is 13.2. The van der Waals surface area contributed by atoms with Crippen molar-refractivity contribution in [1.29, 1.82) is 0 Å². The Morgan fingerprint density at radius 2 is 1.46 bits per heavy atom. The first kappa shape index (κ1) is 20.8. The van der Waals surface area contributed by atoms with Gasteiger partial charge >= 0.3 is 0 Å². The highest BCUT2D eigenvalue weighted by Gasteiger charge is 2.17. The number of aromatic nitrogens is 1. The molecule has 2 aromatic rings. The van der Waals surface area contributed by atoms with Gasteiger partial charge in [-0.25, -0.2) is 8.78 Å². The lowest BCUT2D eigenvalue weighted by Crippen LogP contribution is -2.45. The summed E-state index contributed by atoms with van der Waals surface area (Å²) in [7, 11) is 0. The van der Waals surface area contributed by atoms with E-state index in [0.717, 1.165) is 38.3 Å². The number of piperazine rings is 1. The van der Waals surface area contributed by atoms with Crippen molar-refractivity contribution in [3.63, 3.8) is 0 Å². The van der Waals surface area contributed by atoms with Crippen LogP contribution in [-0.2, 0) is 13.1 Å². The van der Waals surface area contributed by atoms with Crippen LogP contribution < -0.4 is 0 Å². The molecule has 2 heterocycles. The Kier molecular flexibility index (Phi) is 8.56. The summed E-state index contributed by atoms with van der Waals surface area (Å²) < 4.78 is 26.2. The van der Waals surface area contributed by atoms with E-state index in [0.29, 0.717) is 6.54 Å². The number of nitrogens with zero attached hydrogens (tertiary/aromatic N) is 3. The van der Waals surface area contributed by atoms with Crippen LogP contribution >= 0.6 is 24.8 Å². The molecule has 0 bridgehead atoms.